The van der Waals surface area contributed by atoms with Gasteiger partial charge in [-0.3, -0.25) is 0 Å². The van der Waals surface area contributed by atoms with Crippen LogP contribution in [0, 0.1) is 0 Å². The van der Waals surface area contributed by atoms with E-state index in [1.54, 1.807) is 28.4 Å². The smallest absolute Gasteiger partial charge is 0.404 e. The highest BCUT2D eigenvalue weighted by atomic mass is 128. The molecule has 238 valence electrons. The summed E-state index contributed by atoms with van der Waals surface area (Å²) in [6.07, 6.45) is 0. The monoisotopic (exact) mass is 956 g/mol. The quantitative estimate of drug-likeness (QED) is 0.127. The van der Waals surface area contributed by atoms with Gasteiger partial charge in [0.05, 0.1) is 51.2 Å². The molecule has 0 fully saturated rings. The zero-order valence-electron chi connectivity index (χ0n) is 26.2. The van der Waals surface area contributed by atoms with Gasteiger partial charge in [0, 0.05) is 65.4 Å². The zero-order valence-corrected chi connectivity index (χ0v) is 33.6. The van der Waals surface area contributed by atoms with Crippen LogP contribution in [0.2, 0.25) is 0 Å². The molecule has 0 aliphatic rings. The fourth-order valence-corrected chi connectivity index (χ4v) is 9.21. The van der Waals surface area contributed by atoms with E-state index >= 15 is 0 Å². The van der Waals surface area contributed by atoms with Crippen LogP contribution >= 0.6 is 45.1 Å². The van der Waals surface area contributed by atoms with Crippen LogP contribution in [0.4, 0.5) is 22.7 Å². The van der Waals surface area contributed by atoms with Crippen LogP contribution in [0.25, 0.3) is 0 Å². The van der Waals surface area contributed by atoms with Crippen molar-refractivity contribution >= 4 is 67.8 Å². The second-order valence-electron chi connectivity index (χ2n) is 9.42. The second kappa shape index (κ2) is 18.1. The van der Waals surface area contributed by atoms with Crippen molar-refractivity contribution in [2.24, 2.45) is 0 Å². The molecule has 0 unspecified atom stereocenters. The van der Waals surface area contributed by atoms with Crippen molar-refractivity contribution in [3.05, 3.63) is 97.1 Å². The zero-order chi connectivity index (χ0) is 31.6. The molecule has 8 nitrogen and oxygen atoms in total. The summed E-state index contributed by atoms with van der Waals surface area (Å²) < 4.78 is 31.4. The molecule has 0 saturated heterocycles. The minimum absolute atomic E-state index is 0. The highest BCUT2D eigenvalue weighted by molar-refractivity contribution is 15.0. The molecule has 0 aromatic heterocycles. The van der Waals surface area contributed by atoms with E-state index in [0.29, 0.717) is 0 Å². The summed E-state index contributed by atoms with van der Waals surface area (Å²) in [5, 5.41) is 0. The summed E-state index contributed by atoms with van der Waals surface area (Å²) in [7, 11) is 12.7. The molecule has 44 heavy (non-hydrogen) atoms. The maximum atomic E-state index is 5.47. The molecule has 0 amide bonds. The third kappa shape index (κ3) is 8.18. The van der Waals surface area contributed by atoms with E-state index in [-0.39, 0.29) is 24.0 Å². The van der Waals surface area contributed by atoms with Crippen LogP contribution in [0.15, 0.2) is 97.1 Å². The SMILES string of the molecule is COc1ccc(N(C)[P+](N(C)c2ccc(OC)cc2)(N(C)c2ccc(OC)cc2)N(C)c2ccc(OC)cc2)cc1.II.[I-]. The maximum absolute atomic E-state index is 5.47. The molecule has 0 radical (unpaired) electrons. The molecule has 4 aromatic carbocycles. The van der Waals surface area contributed by atoms with Gasteiger partial charge in [0.1, 0.15) is 23.0 Å². The molecule has 0 aliphatic carbocycles. The van der Waals surface area contributed by atoms with Gasteiger partial charge in [-0.15, -0.1) is 0 Å². The Morgan fingerprint density at radius 3 is 0.682 bits per heavy atom. The number of methoxy groups -OCH3 is 4. The fraction of sp³-hybridized carbons (Fsp3) is 0.250. The van der Waals surface area contributed by atoms with Crippen LogP contribution in [0.1, 0.15) is 0 Å². The first-order chi connectivity index (χ1) is 20.8. The average molecular weight is 956 g/mol. The minimum atomic E-state index is -2.67. The van der Waals surface area contributed by atoms with Gasteiger partial charge in [-0.25, -0.2) is 0 Å². The largest absolute Gasteiger partial charge is 1.00 e. The molecule has 0 atom stereocenters. The molecule has 0 saturated carbocycles. The Morgan fingerprint density at radius 1 is 0.386 bits per heavy atom. The van der Waals surface area contributed by atoms with E-state index in [4.69, 9.17) is 18.9 Å². The third-order valence-corrected chi connectivity index (χ3v) is 11.5. The van der Waals surface area contributed by atoms with Gasteiger partial charge in [0.15, 0.2) is 0 Å². The van der Waals surface area contributed by atoms with Crippen LogP contribution in [-0.2, 0) is 0 Å². The van der Waals surface area contributed by atoms with Crippen molar-refractivity contribution in [3.8, 4) is 23.0 Å². The summed E-state index contributed by atoms with van der Waals surface area (Å²) in [5.74, 6) is 3.23. The average Bonchev–Trinajstić information content (AvgIpc) is 3.09. The number of rotatable bonds is 12. The molecule has 4 rings (SSSR count). The van der Waals surface area contributed by atoms with Crippen molar-refractivity contribution in [3.63, 3.8) is 0 Å². The van der Waals surface area contributed by atoms with Gasteiger partial charge in [0.25, 0.3) is 0 Å². The van der Waals surface area contributed by atoms with Gasteiger partial charge in [-0.05, 0) is 97.1 Å². The van der Waals surface area contributed by atoms with Crippen LogP contribution in [-0.4, -0.2) is 56.6 Å². The number of ether oxygens (including phenoxy) is 4. The van der Waals surface area contributed by atoms with Crippen molar-refractivity contribution in [1.82, 2.24) is 0 Å². The van der Waals surface area contributed by atoms with Crippen molar-refractivity contribution < 1.29 is 42.9 Å². The summed E-state index contributed by atoms with van der Waals surface area (Å²) >= 11 is 4.24. The highest BCUT2D eigenvalue weighted by Gasteiger charge is 2.59. The minimum Gasteiger partial charge on any atom is -1.00 e. The lowest BCUT2D eigenvalue weighted by Crippen LogP contribution is -3.00. The van der Waals surface area contributed by atoms with Crippen LogP contribution in [0.5, 0.6) is 23.0 Å². The Hall–Kier alpha value is -2.10. The topological polar surface area (TPSA) is 49.9 Å². The van der Waals surface area contributed by atoms with Crippen molar-refractivity contribution in [2.75, 3.05) is 75.3 Å². The molecule has 4 aromatic rings. The van der Waals surface area contributed by atoms with Gasteiger partial charge < -0.3 is 42.9 Å². The Kier molecular flexibility index (Phi) is 15.7. The van der Waals surface area contributed by atoms with Crippen molar-refractivity contribution in [2.45, 2.75) is 0 Å². The van der Waals surface area contributed by atoms with Crippen LogP contribution in [0.3, 0.4) is 0 Å². The number of halogens is 3. The van der Waals surface area contributed by atoms with Crippen molar-refractivity contribution in [1.29, 1.82) is 0 Å². The molecule has 0 heterocycles. The third-order valence-electron chi connectivity index (χ3n) is 7.39. The Morgan fingerprint density at radius 2 is 0.545 bits per heavy atom. The van der Waals surface area contributed by atoms with Gasteiger partial charge in [0.2, 0.25) is 0 Å². The lowest BCUT2D eigenvalue weighted by atomic mass is 10.3. The molecular formula is C32H40I3N4O4P. The number of hydrogen-bond acceptors (Lipinski definition) is 8. The number of anilines is 4. The van der Waals surface area contributed by atoms with Gasteiger partial charge >= 0.3 is 7.87 Å². The van der Waals surface area contributed by atoms with E-state index in [1.807, 2.05) is 48.5 Å². The highest BCUT2D eigenvalue weighted by Crippen LogP contribution is 2.71. The maximum Gasteiger partial charge on any atom is 0.404 e. The molecule has 0 N–H and O–H groups in total. The molecular weight excluding hydrogens is 916 g/mol. The summed E-state index contributed by atoms with van der Waals surface area (Å²) in [4.78, 5) is 0. The van der Waals surface area contributed by atoms with Gasteiger partial charge in [-0.1, -0.05) is 0 Å². The first-order valence-electron chi connectivity index (χ1n) is 13.4. The fourth-order valence-electron chi connectivity index (χ4n) is 5.02. The standard InChI is InChI=1S/C32H40N4O4P.I2.HI/c1-33(25-9-17-29(37-5)18-10-25)41(34(2)26-11-19-30(38-6)20-12-26,35(3)27-13-21-31(39-7)22-14-27)36(4)28-15-23-32(40-8)24-16-28;1-2;/h9-24H,1-8H3;;1H/q+1;;/p-1. The Bertz CT molecular complexity index is 1180. The predicted octanol–water partition coefficient (Wildman–Crippen LogP) is 6.02. The lowest BCUT2D eigenvalue weighted by molar-refractivity contribution is -0.00000965. The van der Waals surface area contributed by atoms with E-state index in [2.05, 4.69) is 133 Å². The van der Waals surface area contributed by atoms with Crippen LogP contribution < -0.4 is 61.6 Å². The number of hydrogen-bond donors (Lipinski definition) is 0. The molecule has 0 aliphatic heterocycles. The lowest BCUT2D eigenvalue weighted by Gasteiger charge is -2.49. The second-order valence-corrected chi connectivity index (χ2v) is 12.9. The summed E-state index contributed by atoms with van der Waals surface area (Å²) in [6, 6.07) is 32.7. The van der Waals surface area contributed by atoms with E-state index in [0.717, 1.165) is 45.7 Å². The normalized spacial score (nSPS) is 10.3. The van der Waals surface area contributed by atoms with E-state index in [1.165, 1.54) is 0 Å². The number of benzene rings is 4. The predicted molar refractivity (Wildman–Crippen MR) is 201 cm³/mol. The summed E-state index contributed by atoms with van der Waals surface area (Å²) in [6.45, 7) is 0. The van der Waals surface area contributed by atoms with Gasteiger partial charge in [-0.2, -0.15) is 18.7 Å². The van der Waals surface area contributed by atoms with E-state index < -0.39 is 7.87 Å². The molecule has 0 bridgehead atoms. The first-order valence-corrected chi connectivity index (χ1v) is 21.2. The Balaban J connectivity index is 0.00000220. The Labute approximate surface area is 303 Å². The first kappa shape index (κ1) is 38.1. The molecule has 0 spiro atoms. The number of nitrogens with zero attached hydrogens (tertiary/aromatic N) is 4. The van der Waals surface area contributed by atoms with E-state index in [9.17, 15) is 0 Å². The summed E-state index contributed by atoms with van der Waals surface area (Å²) in [5.41, 5.74) is 4.17. The molecule has 12 heteroatoms.